The van der Waals surface area contributed by atoms with Crippen LogP contribution in [0.3, 0.4) is 0 Å². The van der Waals surface area contributed by atoms with Gasteiger partial charge >= 0.3 is 16.3 Å². The van der Waals surface area contributed by atoms with Gasteiger partial charge in [0.05, 0.1) is 11.0 Å². The van der Waals surface area contributed by atoms with Crippen molar-refractivity contribution in [1.82, 2.24) is 0 Å². The zero-order valence-corrected chi connectivity index (χ0v) is 37.5. The maximum absolute atomic E-state index is 10.6. The first kappa shape index (κ1) is 50.7. The van der Waals surface area contributed by atoms with Gasteiger partial charge in [0.15, 0.2) is 0 Å². The number of unbranched alkanes of at least 4 members (excludes halogenated alkanes) is 1. The molecule has 3 rings (SSSR count). The van der Waals surface area contributed by atoms with E-state index < -0.39 is 31.9 Å². The molecule has 2 unspecified atom stereocenters. The minimum Gasteiger partial charge on any atom is -0.787 e. The van der Waals surface area contributed by atoms with Crippen LogP contribution in [0.4, 0.5) is 0 Å². The normalized spacial score (nSPS) is 24.0. The Labute approximate surface area is 332 Å². The zero-order chi connectivity index (χ0) is 41.5. The number of rotatable bonds is 19. The lowest BCUT2D eigenvalue weighted by Crippen LogP contribution is -2.42. The average Bonchev–Trinajstić information content (AvgIpc) is 3.01. The van der Waals surface area contributed by atoms with E-state index in [0.29, 0.717) is 11.3 Å². The molecule has 3 aliphatic carbocycles. The number of allylic oxidation sites excluding steroid dienone is 10. The van der Waals surface area contributed by atoms with Crippen molar-refractivity contribution in [3.63, 3.8) is 0 Å². The van der Waals surface area contributed by atoms with Gasteiger partial charge in [-0.3, -0.25) is 0 Å². The Hall–Kier alpha value is -0.480. The highest BCUT2D eigenvalue weighted by Crippen LogP contribution is 2.67. The van der Waals surface area contributed by atoms with Gasteiger partial charge < -0.3 is 14.4 Å². The summed E-state index contributed by atoms with van der Waals surface area (Å²) in [5.74, 6) is 2.26. The van der Waals surface area contributed by atoms with Gasteiger partial charge in [-0.2, -0.15) is 24.5 Å². The topological polar surface area (TPSA) is 201 Å². The number of fused-ring (bicyclic) bond motifs is 3. The summed E-state index contributed by atoms with van der Waals surface area (Å²) in [6.07, 6.45) is 29.4. The largest absolute Gasteiger partial charge is 0.787 e. The Morgan fingerprint density at radius 3 is 2.20 bits per heavy atom. The fourth-order valence-electron chi connectivity index (χ4n) is 7.75. The molecule has 0 amide bonds. The van der Waals surface area contributed by atoms with Crippen molar-refractivity contribution in [1.29, 1.82) is 0 Å². The molecule has 2 saturated carbocycles. The molecule has 55 heavy (non-hydrogen) atoms. The summed E-state index contributed by atoms with van der Waals surface area (Å²) in [6, 6.07) is 0. The molecular weight excluding hydrogens is 784 g/mol. The van der Waals surface area contributed by atoms with Crippen LogP contribution in [-0.2, 0) is 22.2 Å². The summed E-state index contributed by atoms with van der Waals surface area (Å²) in [5.41, 5.74) is 6.92. The van der Waals surface area contributed by atoms with E-state index in [1.807, 2.05) is 13.0 Å². The standard InChI is InChI=1S/C21H38O5P2.C18H32O7P2/c1-19(2)13-10-8-7-9-11-14-20(3)15-12-16-21(4)17-18-25-27(5,6)26-28(22,23)24;1-18(2)10-3-4-16-15-7-5-13(12-14(15)6-8-17(16)18)9-11-24-27(22,23)25-26(19,20)21/h7,9,13,15,17H,5,8,10-12,14,16,18H2,1-4,6H3,(H2,22,23,24);9,12,15-17,19-23H,3-8,10-11H2,1-2H3/q;+2/p-2/b9-7+,20-15+,21-17+;13-9-/t;15-,16?,17+/m.1/s1. The lowest BCUT2D eigenvalue weighted by molar-refractivity contribution is -0.334. The van der Waals surface area contributed by atoms with Crippen molar-refractivity contribution in [3.05, 3.63) is 77.1 Å². The van der Waals surface area contributed by atoms with Gasteiger partial charge in [-0.1, -0.05) is 85.1 Å². The van der Waals surface area contributed by atoms with Crippen molar-refractivity contribution in [2.75, 3.05) is 19.9 Å². The Morgan fingerprint density at radius 1 is 0.891 bits per heavy atom. The molecule has 0 radical (unpaired) electrons. The summed E-state index contributed by atoms with van der Waals surface area (Å²) < 4.78 is 29.1. The summed E-state index contributed by atoms with van der Waals surface area (Å²) in [7, 11) is -17.2. The SMILES string of the molecule is CC1(C)CCCC2[C@@H]3CC/C(=C/CO[P+](O)(O)O[P+](O)(O)O)C=C3CC[C@@H]21.[CH2-][P+](C)(OC/C=C(\C)CC/C=C(\C)CC/C=C/CCC=C(C)C)OP(=O)([O-])[O-]. The summed E-state index contributed by atoms with van der Waals surface area (Å²) in [5, 5.41) is 0. The third-order valence-electron chi connectivity index (χ3n) is 10.4. The van der Waals surface area contributed by atoms with Crippen LogP contribution in [0, 0.1) is 29.8 Å². The van der Waals surface area contributed by atoms with Gasteiger partial charge in [-0.15, -0.1) is 11.2 Å². The Kier molecular flexibility index (Phi) is 21.5. The molecule has 0 bridgehead atoms. The first-order valence-corrected chi connectivity index (χ1v) is 26.0. The molecular formula is C39H68O12P4. The lowest BCUT2D eigenvalue weighted by Gasteiger charge is -2.52. The first-order chi connectivity index (χ1) is 25.4. The third kappa shape index (κ3) is 21.9. The smallest absolute Gasteiger partial charge is 0.620 e. The van der Waals surface area contributed by atoms with Crippen LogP contribution < -0.4 is 9.79 Å². The van der Waals surface area contributed by atoms with Gasteiger partial charge in [0.1, 0.15) is 28.8 Å². The minimum atomic E-state index is -5.08. The molecule has 12 nitrogen and oxygen atoms in total. The zero-order valence-electron chi connectivity index (χ0n) is 34.0. The van der Waals surface area contributed by atoms with E-state index in [-0.39, 0.29) is 13.2 Å². The van der Waals surface area contributed by atoms with Crippen LogP contribution in [0.2, 0.25) is 0 Å². The molecule has 0 aromatic carbocycles. The molecule has 2 fully saturated rings. The van der Waals surface area contributed by atoms with Gasteiger partial charge in [-0.25, -0.2) is 8.83 Å². The number of hydrogen-bond acceptors (Lipinski definition) is 12. The average molecular weight is 853 g/mol. The molecule has 0 heterocycles. The Balaban J connectivity index is 0.000000380. The van der Waals surface area contributed by atoms with E-state index in [9.17, 15) is 24.1 Å². The van der Waals surface area contributed by atoms with Crippen molar-refractivity contribution in [3.8, 4) is 0 Å². The molecule has 0 aromatic heterocycles. The van der Waals surface area contributed by atoms with Crippen LogP contribution in [0.1, 0.15) is 125 Å². The molecule has 0 spiro atoms. The van der Waals surface area contributed by atoms with Crippen LogP contribution in [0.15, 0.2) is 70.4 Å². The highest BCUT2D eigenvalue weighted by molar-refractivity contribution is 7.72. The van der Waals surface area contributed by atoms with Crippen LogP contribution >= 0.6 is 31.9 Å². The highest BCUT2D eigenvalue weighted by Gasteiger charge is 2.58. The third-order valence-corrected chi connectivity index (χ3v) is 15.5. The fraction of sp³-hybridized carbons (Fsp3) is 0.667. The van der Waals surface area contributed by atoms with Crippen LogP contribution in [0.25, 0.3) is 0 Å². The second-order valence-corrected chi connectivity index (χ2v) is 22.8. The van der Waals surface area contributed by atoms with Gasteiger partial charge in [0, 0.05) is 0 Å². The van der Waals surface area contributed by atoms with Crippen molar-refractivity contribution in [2.24, 2.45) is 23.2 Å². The minimum absolute atomic E-state index is 0.135. The first-order valence-electron chi connectivity index (χ1n) is 19.2. The molecule has 0 aromatic rings. The van der Waals surface area contributed by atoms with E-state index in [4.69, 9.17) is 23.7 Å². The predicted molar refractivity (Wildman–Crippen MR) is 221 cm³/mol. The van der Waals surface area contributed by atoms with E-state index >= 15 is 0 Å². The van der Waals surface area contributed by atoms with Crippen molar-refractivity contribution < 1.29 is 56.5 Å². The van der Waals surface area contributed by atoms with E-state index in [1.54, 1.807) is 6.08 Å². The molecule has 0 saturated heterocycles. The maximum Gasteiger partial charge on any atom is 0.620 e. The second-order valence-electron chi connectivity index (χ2n) is 16.1. The van der Waals surface area contributed by atoms with Crippen LogP contribution in [-0.4, -0.2) is 44.3 Å². The molecule has 316 valence electrons. The molecule has 0 aliphatic heterocycles. The van der Waals surface area contributed by atoms with Gasteiger partial charge in [0.2, 0.25) is 0 Å². The quantitative estimate of drug-likeness (QED) is 0.0357. The van der Waals surface area contributed by atoms with Gasteiger partial charge in [0.25, 0.3) is 0 Å². The van der Waals surface area contributed by atoms with E-state index in [2.05, 4.69) is 80.3 Å². The fourth-order valence-corrected chi connectivity index (χ4v) is 11.6. The van der Waals surface area contributed by atoms with E-state index in [0.717, 1.165) is 80.8 Å². The summed E-state index contributed by atoms with van der Waals surface area (Å²) in [4.78, 5) is 66.5. The summed E-state index contributed by atoms with van der Waals surface area (Å²) >= 11 is 0. The van der Waals surface area contributed by atoms with Gasteiger partial charge in [-0.05, 0) is 133 Å². The molecule has 4 atom stereocenters. The number of hydrogen-bond donors (Lipinski definition) is 5. The monoisotopic (exact) mass is 852 g/mol. The lowest BCUT2D eigenvalue weighted by atomic mass is 9.53. The maximum atomic E-state index is 10.6. The second kappa shape index (κ2) is 23.3. The Bertz CT molecular complexity index is 1430. The number of phosphoric acid groups is 1. The molecule has 5 N–H and O–H groups in total. The van der Waals surface area contributed by atoms with Crippen molar-refractivity contribution in [2.45, 2.75) is 125 Å². The van der Waals surface area contributed by atoms with Crippen LogP contribution in [0.5, 0.6) is 0 Å². The predicted octanol–water partition coefficient (Wildman–Crippen LogP) is 9.71. The molecule has 16 heteroatoms. The van der Waals surface area contributed by atoms with E-state index in [1.165, 1.54) is 49.1 Å². The Morgan fingerprint density at radius 2 is 1.55 bits per heavy atom. The highest BCUT2D eigenvalue weighted by atomic mass is 31.3. The summed E-state index contributed by atoms with van der Waals surface area (Å²) in [6.45, 7) is 18.2. The molecule has 3 aliphatic rings. The van der Waals surface area contributed by atoms with Crippen molar-refractivity contribution >= 4 is 31.9 Å².